The fraction of sp³-hybridized carbons (Fsp3) is 0.500. The molecule has 0 atom stereocenters. The number of fused-ring (bicyclic) bond motifs is 1. The van der Waals surface area contributed by atoms with Crippen molar-refractivity contribution in [2.45, 2.75) is 23.3 Å². The normalized spacial score (nSPS) is 21.8. The highest BCUT2D eigenvalue weighted by molar-refractivity contribution is 8.00. The van der Waals surface area contributed by atoms with Crippen molar-refractivity contribution in [3.8, 4) is 0 Å². The smallest absolute Gasteiger partial charge is 0.410 e. The van der Waals surface area contributed by atoms with Crippen LogP contribution in [0, 0.1) is 0 Å². The lowest BCUT2D eigenvalue weighted by Gasteiger charge is -2.38. The second-order valence-electron chi connectivity index (χ2n) is 7.02. The van der Waals surface area contributed by atoms with Gasteiger partial charge in [-0.05, 0) is 12.1 Å². The monoisotopic (exact) mass is 375 g/mol. The van der Waals surface area contributed by atoms with Crippen LogP contribution in [0.5, 0.6) is 0 Å². The Morgan fingerprint density at radius 2 is 1.96 bits per heavy atom. The average Bonchev–Trinajstić information content (AvgIpc) is 2.91. The van der Waals surface area contributed by atoms with Crippen molar-refractivity contribution in [1.82, 2.24) is 9.80 Å². The Kier molecular flexibility index (Phi) is 4.30. The van der Waals surface area contributed by atoms with E-state index in [2.05, 4.69) is 0 Å². The molecular weight excluding hydrogens is 354 g/mol. The van der Waals surface area contributed by atoms with Crippen molar-refractivity contribution >= 4 is 35.4 Å². The van der Waals surface area contributed by atoms with Crippen LogP contribution in [0.15, 0.2) is 29.2 Å². The van der Waals surface area contributed by atoms with Crippen molar-refractivity contribution in [3.05, 3.63) is 24.3 Å². The number of hydrogen-bond acceptors (Lipinski definition) is 5. The summed E-state index contributed by atoms with van der Waals surface area (Å²) in [5, 5.41) is 0. The van der Waals surface area contributed by atoms with Crippen molar-refractivity contribution in [1.29, 1.82) is 0 Å². The molecule has 3 heterocycles. The van der Waals surface area contributed by atoms with E-state index < -0.39 is 5.60 Å². The Hall–Kier alpha value is -2.22. The number of piperidine rings is 1. The first-order valence-electron chi connectivity index (χ1n) is 8.72. The Bertz CT molecular complexity index is 761. The molecule has 0 N–H and O–H groups in total. The predicted octanol–water partition coefficient (Wildman–Crippen LogP) is 1.57. The van der Waals surface area contributed by atoms with Crippen LogP contribution in [-0.2, 0) is 14.3 Å². The van der Waals surface area contributed by atoms with Gasteiger partial charge in [-0.15, -0.1) is 11.8 Å². The highest BCUT2D eigenvalue weighted by Gasteiger charge is 2.46. The van der Waals surface area contributed by atoms with E-state index in [1.165, 1.54) is 11.8 Å². The van der Waals surface area contributed by atoms with Crippen LogP contribution in [0.3, 0.4) is 0 Å². The maximum absolute atomic E-state index is 12.8. The van der Waals surface area contributed by atoms with Gasteiger partial charge in [0.25, 0.3) is 0 Å². The summed E-state index contributed by atoms with van der Waals surface area (Å²) < 4.78 is 5.53. The molecule has 0 unspecified atom stereocenters. The molecule has 1 aromatic carbocycles. The summed E-state index contributed by atoms with van der Waals surface area (Å²) in [5.41, 5.74) is 0.342. The molecule has 8 heteroatoms. The van der Waals surface area contributed by atoms with Gasteiger partial charge in [-0.1, -0.05) is 12.1 Å². The van der Waals surface area contributed by atoms with Crippen LogP contribution >= 0.6 is 11.8 Å². The Balaban J connectivity index is 1.41. The molecule has 4 rings (SSSR count). The Morgan fingerprint density at radius 3 is 2.65 bits per heavy atom. The third kappa shape index (κ3) is 3.02. The molecule has 0 bridgehead atoms. The van der Waals surface area contributed by atoms with Crippen LogP contribution < -0.4 is 4.90 Å². The van der Waals surface area contributed by atoms with Gasteiger partial charge in [-0.25, -0.2) is 4.79 Å². The Labute approximate surface area is 156 Å². The molecule has 1 aromatic rings. The third-order valence-corrected chi connectivity index (χ3v) is 6.32. The van der Waals surface area contributed by atoms with Crippen LogP contribution in [0.25, 0.3) is 0 Å². The number of para-hydroxylation sites is 1. The molecule has 1 spiro atoms. The van der Waals surface area contributed by atoms with Crippen LogP contribution in [0.2, 0.25) is 0 Å². The van der Waals surface area contributed by atoms with Gasteiger partial charge in [0.05, 0.1) is 18.0 Å². The number of carbonyl (C=O) groups excluding carboxylic acids is 3. The number of amides is 3. The lowest BCUT2D eigenvalue weighted by atomic mass is 9.91. The van der Waals surface area contributed by atoms with E-state index in [0.29, 0.717) is 38.2 Å². The lowest BCUT2D eigenvalue weighted by molar-refractivity contribution is -0.134. The van der Waals surface area contributed by atoms with E-state index in [-0.39, 0.29) is 24.5 Å². The maximum atomic E-state index is 12.8. The zero-order valence-electron chi connectivity index (χ0n) is 14.6. The second kappa shape index (κ2) is 6.50. The van der Waals surface area contributed by atoms with E-state index in [1.54, 1.807) is 21.7 Å². The molecule has 3 aliphatic heterocycles. The highest BCUT2D eigenvalue weighted by atomic mass is 32.2. The van der Waals surface area contributed by atoms with Gasteiger partial charge in [0.15, 0.2) is 0 Å². The SMILES string of the molecule is CN1CC2(CCN(C(=O)CN3C(=O)CSc4ccccc43)CC2)OC1=O. The number of thioether (sulfide) groups is 1. The Morgan fingerprint density at radius 1 is 1.23 bits per heavy atom. The summed E-state index contributed by atoms with van der Waals surface area (Å²) in [5.74, 6) is 0.254. The summed E-state index contributed by atoms with van der Waals surface area (Å²) in [6.45, 7) is 1.71. The molecular formula is C18H21N3O4S. The molecule has 0 saturated carbocycles. The van der Waals surface area contributed by atoms with Crippen molar-refractivity contribution < 1.29 is 19.1 Å². The molecule has 7 nitrogen and oxygen atoms in total. The van der Waals surface area contributed by atoms with Crippen LogP contribution in [0.4, 0.5) is 10.5 Å². The minimum Gasteiger partial charge on any atom is -0.441 e. The van der Waals surface area contributed by atoms with E-state index in [4.69, 9.17) is 4.74 Å². The van der Waals surface area contributed by atoms with E-state index in [9.17, 15) is 14.4 Å². The highest BCUT2D eigenvalue weighted by Crippen LogP contribution is 2.35. The summed E-state index contributed by atoms with van der Waals surface area (Å²) in [4.78, 5) is 42.7. The first-order chi connectivity index (χ1) is 12.5. The number of benzene rings is 1. The fourth-order valence-corrected chi connectivity index (χ4v) is 4.71. The quantitative estimate of drug-likeness (QED) is 0.785. The maximum Gasteiger partial charge on any atom is 0.410 e. The predicted molar refractivity (Wildman–Crippen MR) is 97.2 cm³/mol. The number of hydrogen-bond donors (Lipinski definition) is 0. The molecule has 2 fully saturated rings. The summed E-state index contributed by atoms with van der Waals surface area (Å²) in [7, 11) is 1.73. The van der Waals surface area contributed by atoms with Gasteiger partial charge in [-0.2, -0.15) is 0 Å². The molecule has 0 aromatic heterocycles. The number of anilines is 1. The van der Waals surface area contributed by atoms with Gasteiger partial charge < -0.3 is 19.4 Å². The first-order valence-corrected chi connectivity index (χ1v) is 9.70. The summed E-state index contributed by atoms with van der Waals surface area (Å²) in [6, 6.07) is 7.67. The average molecular weight is 375 g/mol. The lowest BCUT2D eigenvalue weighted by Crippen LogP contribution is -2.51. The topological polar surface area (TPSA) is 70.2 Å². The summed E-state index contributed by atoms with van der Waals surface area (Å²) >= 11 is 1.51. The number of likely N-dealkylation sites (tertiary alicyclic amines) is 1. The zero-order valence-corrected chi connectivity index (χ0v) is 15.5. The number of nitrogens with zero attached hydrogens (tertiary/aromatic N) is 3. The molecule has 138 valence electrons. The van der Waals surface area contributed by atoms with Gasteiger partial charge in [0.2, 0.25) is 11.8 Å². The van der Waals surface area contributed by atoms with E-state index in [0.717, 1.165) is 10.6 Å². The van der Waals surface area contributed by atoms with Crippen LogP contribution in [-0.4, -0.2) is 72.3 Å². The molecule has 26 heavy (non-hydrogen) atoms. The van der Waals surface area contributed by atoms with E-state index in [1.807, 2.05) is 24.3 Å². The van der Waals surface area contributed by atoms with Gasteiger partial charge >= 0.3 is 6.09 Å². The van der Waals surface area contributed by atoms with Gasteiger partial charge in [0, 0.05) is 37.9 Å². The minimum absolute atomic E-state index is 0.0399. The molecule has 0 aliphatic carbocycles. The van der Waals surface area contributed by atoms with Crippen molar-refractivity contribution in [2.75, 3.05) is 43.9 Å². The molecule has 0 radical (unpaired) electrons. The number of ether oxygens (including phenoxy) is 1. The van der Waals surface area contributed by atoms with Crippen molar-refractivity contribution in [2.24, 2.45) is 0 Å². The molecule has 3 amide bonds. The summed E-state index contributed by atoms with van der Waals surface area (Å²) in [6.07, 6.45) is 0.975. The second-order valence-corrected chi connectivity index (χ2v) is 8.04. The van der Waals surface area contributed by atoms with Crippen molar-refractivity contribution in [3.63, 3.8) is 0 Å². The first kappa shape index (κ1) is 17.2. The third-order valence-electron chi connectivity index (χ3n) is 5.27. The number of carbonyl (C=O) groups is 3. The zero-order chi connectivity index (χ0) is 18.3. The molecule has 3 aliphatic rings. The fourth-order valence-electron chi connectivity index (χ4n) is 3.78. The number of rotatable bonds is 2. The largest absolute Gasteiger partial charge is 0.441 e. The standard InChI is InChI=1S/C18H21N3O4S/c1-19-12-18(25-17(19)24)6-8-20(9-7-18)15(22)10-21-13-4-2-3-5-14(13)26-11-16(21)23/h2-5H,6-12H2,1H3. The van der Waals surface area contributed by atoms with E-state index >= 15 is 0 Å². The number of likely N-dealkylation sites (N-methyl/N-ethyl adjacent to an activating group) is 1. The van der Waals surface area contributed by atoms with Crippen LogP contribution in [0.1, 0.15) is 12.8 Å². The molecule has 2 saturated heterocycles. The van der Waals surface area contributed by atoms with Gasteiger partial charge in [0.1, 0.15) is 12.1 Å². The van der Waals surface area contributed by atoms with Gasteiger partial charge in [-0.3, -0.25) is 9.59 Å². The minimum atomic E-state index is -0.465.